The van der Waals surface area contributed by atoms with Crippen LogP contribution in [-0.2, 0) is 0 Å². The molecule has 4 nitrogen and oxygen atoms in total. The lowest BCUT2D eigenvalue weighted by molar-refractivity contribution is 0.0998. The molecule has 2 aromatic carbocycles. The monoisotopic (exact) mass is 306 g/mol. The van der Waals surface area contributed by atoms with E-state index in [1.165, 1.54) is 6.07 Å². The zero-order chi connectivity index (χ0) is 13.1. The fourth-order valence-electron chi connectivity index (χ4n) is 1.46. The third-order valence-corrected chi connectivity index (χ3v) is 2.84. The number of primary amides is 1. The first-order chi connectivity index (χ1) is 8.56. The Balaban J connectivity index is 2.34. The average Bonchev–Trinajstić information content (AvgIpc) is 2.34. The number of nitrogens with two attached hydrogens (primary N) is 2. The van der Waals surface area contributed by atoms with E-state index in [-0.39, 0.29) is 5.56 Å². The van der Waals surface area contributed by atoms with E-state index in [0.29, 0.717) is 17.2 Å². The molecule has 0 saturated carbocycles. The molecule has 2 rings (SSSR count). The first-order valence-corrected chi connectivity index (χ1v) is 5.98. The number of anilines is 1. The summed E-state index contributed by atoms with van der Waals surface area (Å²) in [4.78, 5) is 11.3. The van der Waals surface area contributed by atoms with Gasteiger partial charge in [0.25, 0.3) is 5.91 Å². The SMILES string of the molecule is NC(=O)c1cc(N)ccc1Oc1ccc(Br)cc1. The maximum absolute atomic E-state index is 11.3. The van der Waals surface area contributed by atoms with Crippen LogP contribution in [0.3, 0.4) is 0 Å². The summed E-state index contributed by atoms with van der Waals surface area (Å²) in [5, 5.41) is 0. The van der Waals surface area contributed by atoms with Gasteiger partial charge in [-0.15, -0.1) is 0 Å². The van der Waals surface area contributed by atoms with E-state index in [4.69, 9.17) is 16.2 Å². The van der Waals surface area contributed by atoms with Crippen LogP contribution in [0.4, 0.5) is 5.69 Å². The van der Waals surface area contributed by atoms with Gasteiger partial charge < -0.3 is 16.2 Å². The Labute approximate surface area is 113 Å². The third-order valence-electron chi connectivity index (χ3n) is 2.31. The standard InChI is InChI=1S/C13H11BrN2O2/c14-8-1-4-10(5-2-8)18-12-6-3-9(15)7-11(12)13(16)17/h1-7H,15H2,(H2,16,17). The Morgan fingerprint density at radius 3 is 2.39 bits per heavy atom. The molecule has 0 atom stereocenters. The van der Waals surface area contributed by atoms with Gasteiger partial charge in [0.05, 0.1) is 5.56 Å². The predicted octanol–water partition coefficient (Wildman–Crippen LogP) is 2.92. The number of hydrogen-bond acceptors (Lipinski definition) is 3. The molecule has 0 bridgehead atoms. The number of halogens is 1. The summed E-state index contributed by atoms with van der Waals surface area (Å²) in [6.07, 6.45) is 0. The van der Waals surface area contributed by atoms with Crippen LogP contribution >= 0.6 is 15.9 Å². The van der Waals surface area contributed by atoms with E-state index >= 15 is 0 Å². The molecule has 92 valence electrons. The van der Waals surface area contributed by atoms with Crippen LogP contribution in [0, 0.1) is 0 Å². The van der Waals surface area contributed by atoms with Crippen molar-refractivity contribution in [2.45, 2.75) is 0 Å². The zero-order valence-electron chi connectivity index (χ0n) is 9.39. The Hall–Kier alpha value is -2.01. The van der Waals surface area contributed by atoms with Gasteiger partial charge in [0.15, 0.2) is 0 Å². The van der Waals surface area contributed by atoms with Crippen LogP contribution in [-0.4, -0.2) is 5.91 Å². The normalized spacial score (nSPS) is 10.1. The van der Waals surface area contributed by atoms with Gasteiger partial charge in [0, 0.05) is 10.2 Å². The van der Waals surface area contributed by atoms with Crippen molar-refractivity contribution in [3.63, 3.8) is 0 Å². The predicted molar refractivity (Wildman–Crippen MR) is 73.6 cm³/mol. The van der Waals surface area contributed by atoms with Gasteiger partial charge in [-0.25, -0.2) is 0 Å². The lowest BCUT2D eigenvalue weighted by atomic mass is 10.1. The summed E-state index contributed by atoms with van der Waals surface area (Å²) in [5.41, 5.74) is 11.6. The lowest BCUT2D eigenvalue weighted by Crippen LogP contribution is -2.12. The fraction of sp³-hybridized carbons (Fsp3) is 0. The average molecular weight is 307 g/mol. The molecule has 0 aliphatic carbocycles. The highest BCUT2D eigenvalue weighted by atomic mass is 79.9. The zero-order valence-corrected chi connectivity index (χ0v) is 11.0. The molecule has 4 N–H and O–H groups in total. The highest BCUT2D eigenvalue weighted by Crippen LogP contribution is 2.27. The second-order valence-electron chi connectivity index (χ2n) is 3.68. The summed E-state index contributed by atoms with van der Waals surface area (Å²) in [6.45, 7) is 0. The van der Waals surface area contributed by atoms with Crippen LogP contribution in [0.25, 0.3) is 0 Å². The minimum atomic E-state index is -0.575. The number of carbonyl (C=O) groups excluding carboxylic acids is 1. The topological polar surface area (TPSA) is 78.3 Å². The quantitative estimate of drug-likeness (QED) is 0.856. The Morgan fingerprint density at radius 1 is 1.11 bits per heavy atom. The number of ether oxygens (including phenoxy) is 1. The van der Waals surface area contributed by atoms with E-state index in [0.717, 1.165) is 4.47 Å². The van der Waals surface area contributed by atoms with Crippen molar-refractivity contribution < 1.29 is 9.53 Å². The van der Waals surface area contributed by atoms with Gasteiger partial charge in [-0.3, -0.25) is 4.79 Å². The highest BCUT2D eigenvalue weighted by Gasteiger charge is 2.10. The van der Waals surface area contributed by atoms with Gasteiger partial charge in [0.2, 0.25) is 0 Å². The molecule has 2 aromatic rings. The van der Waals surface area contributed by atoms with E-state index in [9.17, 15) is 4.79 Å². The molecule has 0 heterocycles. The molecule has 0 aromatic heterocycles. The van der Waals surface area contributed by atoms with Crippen LogP contribution in [0.15, 0.2) is 46.9 Å². The molecule has 0 spiro atoms. The second kappa shape index (κ2) is 5.10. The first-order valence-electron chi connectivity index (χ1n) is 5.19. The maximum atomic E-state index is 11.3. The maximum Gasteiger partial charge on any atom is 0.252 e. The second-order valence-corrected chi connectivity index (χ2v) is 4.59. The number of benzene rings is 2. The van der Waals surface area contributed by atoms with Crippen LogP contribution in [0.1, 0.15) is 10.4 Å². The summed E-state index contributed by atoms with van der Waals surface area (Å²) >= 11 is 3.33. The minimum Gasteiger partial charge on any atom is -0.457 e. The van der Waals surface area contributed by atoms with Gasteiger partial charge in [-0.1, -0.05) is 15.9 Å². The lowest BCUT2D eigenvalue weighted by Gasteiger charge is -2.09. The highest BCUT2D eigenvalue weighted by molar-refractivity contribution is 9.10. The Morgan fingerprint density at radius 2 is 1.78 bits per heavy atom. The number of amides is 1. The molecule has 1 amide bonds. The molecule has 5 heteroatoms. The Kier molecular flexibility index (Phi) is 3.53. The largest absolute Gasteiger partial charge is 0.457 e. The number of hydrogen-bond donors (Lipinski definition) is 2. The fourth-order valence-corrected chi connectivity index (χ4v) is 1.72. The molecule has 0 aliphatic heterocycles. The first kappa shape index (κ1) is 12.4. The van der Waals surface area contributed by atoms with Crippen molar-refractivity contribution in [2.75, 3.05) is 5.73 Å². The van der Waals surface area contributed by atoms with E-state index in [1.54, 1.807) is 24.3 Å². The summed E-state index contributed by atoms with van der Waals surface area (Å²) in [5.74, 6) is 0.430. The van der Waals surface area contributed by atoms with Crippen molar-refractivity contribution >= 4 is 27.5 Å². The molecule has 0 radical (unpaired) electrons. The summed E-state index contributed by atoms with van der Waals surface area (Å²) in [7, 11) is 0. The van der Waals surface area contributed by atoms with Crippen LogP contribution in [0.5, 0.6) is 11.5 Å². The van der Waals surface area contributed by atoms with Gasteiger partial charge in [-0.2, -0.15) is 0 Å². The molecule has 18 heavy (non-hydrogen) atoms. The van der Waals surface area contributed by atoms with Crippen LogP contribution in [0.2, 0.25) is 0 Å². The summed E-state index contributed by atoms with van der Waals surface area (Å²) < 4.78 is 6.55. The molecule has 0 unspecified atom stereocenters. The van der Waals surface area contributed by atoms with E-state index < -0.39 is 5.91 Å². The molecular weight excluding hydrogens is 296 g/mol. The van der Waals surface area contributed by atoms with Crippen molar-refractivity contribution in [1.82, 2.24) is 0 Å². The van der Waals surface area contributed by atoms with Crippen molar-refractivity contribution in [1.29, 1.82) is 0 Å². The number of rotatable bonds is 3. The number of nitrogen functional groups attached to an aromatic ring is 1. The third kappa shape index (κ3) is 2.81. The Bertz CT molecular complexity index is 582. The van der Waals surface area contributed by atoms with Crippen LogP contribution < -0.4 is 16.2 Å². The molecular formula is C13H11BrN2O2. The van der Waals surface area contributed by atoms with E-state index in [2.05, 4.69) is 15.9 Å². The van der Waals surface area contributed by atoms with Gasteiger partial charge in [0.1, 0.15) is 11.5 Å². The van der Waals surface area contributed by atoms with Gasteiger partial charge in [-0.05, 0) is 42.5 Å². The minimum absolute atomic E-state index is 0.262. The van der Waals surface area contributed by atoms with E-state index in [1.807, 2.05) is 12.1 Å². The smallest absolute Gasteiger partial charge is 0.252 e. The van der Waals surface area contributed by atoms with Crippen molar-refractivity contribution in [3.05, 3.63) is 52.5 Å². The molecule has 0 fully saturated rings. The molecule has 0 aliphatic rings. The molecule has 0 saturated heterocycles. The van der Waals surface area contributed by atoms with Gasteiger partial charge >= 0.3 is 0 Å². The van der Waals surface area contributed by atoms with Crippen molar-refractivity contribution in [2.24, 2.45) is 5.73 Å². The summed E-state index contributed by atoms with van der Waals surface area (Å²) in [6, 6.07) is 12.0. The van der Waals surface area contributed by atoms with Crippen molar-refractivity contribution in [3.8, 4) is 11.5 Å². The number of carbonyl (C=O) groups is 1.